The number of hydrogen-bond donors (Lipinski definition) is 2. The van der Waals surface area contributed by atoms with Crippen LogP contribution in [0.1, 0.15) is 29.8 Å². The van der Waals surface area contributed by atoms with Crippen molar-refractivity contribution in [3.8, 4) is 5.75 Å². The van der Waals surface area contributed by atoms with E-state index in [0.717, 1.165) is 21.5 Å². The normalized spacial score (nSPS) is 10.5. The number of carboxylic acid groups (broad SMARTS) is 1. The van der Waals surface area contributed by atoms with Gasteiger partial charge in [0.05, 0.1) is 11.7 Å². The molecule has 0 heterocycles. The van der Waals surface area contributed by atoms with Crippen LogP contribution in [0.2, 0.25) is 0 Å². The first-order valence-corrected chi connectivity index (χ1v) is 7.77. The topological polar surface area (TPSA) is 58.6 Å². The maximum Gasteiger partial charge on any atom is 0.335 e. The molecule has 0 aliphatic rings. The van der Waals surface area contributed by atoms with Gasteiger partial charge in [0.2, 0.25) is 0 Å². The van der Waals surface area contributed by atoms with Gasteiger partial charge < -0.3 is 15.2 Å². The molecular weight excluding hydrogens is 346 g/mol. The monoisotopic (exact) mass is 363 g/mol. The van der Waals surface area contributed by atoms with Gasteiger partial charge in [0.25, 0.3) is 0 Å². The Morgan fingerprint density at radius 2 is 1.91 bits per heavy atom. The summed E-state index contributed by atoms with van der Waals surface area (Å²) < 4.78 is 6.79. The summed E-state index contributed by atoms with van der Waals surface area (Å²) in [5, 5.41) is 12.2. The van der Waals surface area contributed by atoms with Gasteiger partial charge in [-0.25, -0.2) is 4.79 Å². The summed E-state index contributed by atoms with van der Waals surface area (Å²) in [5.74, 6) is -0.0842. The summed E-state index contributed by atoms with van der Waals surface area (Å²) in [6.07, 6.45) is 0.106. The number of carboxylic acids is 1. The molecule has 2 N–H and O–H groups in total. The summed E-state index contributed by atoms with van der Waals surface area (Å²) in [7, 11) is 0. The van der Waals surface area contributed by atoms with Crippen LogP contribution < -0.4 is 10.1 Å². The van der Waals surface area contributed by atoms with Crippen molar-refractivity contribution >= 4 is 27.6 Å². The molecule has 2 aromatic rings. The van der Waals surface area contributed by atoms with E-state index >= 15 is 0 Å². The molecule has 0 aliphatic carbocycles. The minimum Gasteiger partial charge on any atom is -0.491 e. The number of rotatable bonds is 6. The smallest absolute Gasteiger partial charge is 0.335 e. The number of benzene rings is 2. The van der Waals surface area contributed by atoms with Gasteiger partial charge >= 0.3 is 5.97 Å². The van der Waals surface area contributed by atoms with E-state index in [0.29, 0.717) is 6.54 Å². The lowest BCUT2D eigenvalue weighted by Crippen LogP contribution is -2.09. The molecule has 4 nitrogen and oxygen atoms in total. The van der Waals surface area contributed by atoms with Gasteiger partial charge in [0, 0.05) is 22.3 Å². The lowest BCUT2D eigenvalue weighted by molar-refractivity contribution is 0.0697. The van der Waals surface area contributed by atoms with Crippen molar-refractivity contribution < 1.29 is 14.6 Å². The molecule has 0 saturated carbocycles. The van der Waals surface area contributed by atoms with Crippen molar-refractivity contribution in [2.45, 2.75) is 26.5 Å². The van der Waals surface area contributed by atoms with Crippen LogP contribution in [-0.4, -0.2) is 17.2 Å². The van der Waals surface area contributed by atoms with E-state index in [1.165, 1.54) is 0 Å². The Morgan fingerprint density at radius 3 is 2.50 bits per heavy atom. The molecule has 0 spiro atoms. The molecular formula is C17H18BrNO3. The van der Waals surface area contributed by atoms with Gasteiger partial charge in [0.15, 0.2) is 0 Å². The predicted molar refractivity (Wildman–Crippen MR) is 90.6 cm³/mol. The SMILES string of the molecule is CC(C)Oc1ccc(Br)cc1CNc1ccc(C(=O)O)cc1. The second-order valence-corrected chi connectivity index (χ2v) is 6.07. The Balaban J connectivity index is 2.10. The van der Waals surface area contributed by atoms with Gasteiger partial charge in [-0.05, 0) is 56.3 Å². The standard InChI is InChI=1S/C17H18BrNO3/c1-11(2)22-16-8-5-14(18)9-13(16)10-19-15-6-3-12(4-7-15)17(20)21/h3-9,11,19H,10H2,1-2H3,(H,20,21). The highest BCUT2D eigenvalue weighted by atomic mass is 79.9. The molecule has 0 atom stereocenters. The molecule has 0 radical (unpaired) electrons. The van der Waals surface area contributed by atoms with Crippen molar-refractivity contribution in [1.82, 2.24) is 0 Å². The highest BCUT2D eigenvalue weighted by molar-refractivity contribution is 9.10. The predicted octanol–water partition coefficient (Wildman–Crippen LogP) is 4.55. The first-order valence-electron chi connectivity index (χ1n) is 6.98. The number of carbonyl (C=O) groups is 1. The van der Waals surface area contributed by atoms with E-state index in [9.17, 15) is 4.79 Å². The first kappa shape index (κ1) is 16.4. The number of anilines is 1. The number of nitrogens with one attached hydrogen (secondary N) is 1. The third-order valence-electron chi connectivity index (χ3n) is 3.00. The zero-order chi connectivity index (χ0) is 16.1. The third-order valence-corrected chi connectivity index (χ3v) is 3.49. The molecule has 0 fully saturated rings. The lowest BCUT2D eigenvalue weighted by Gasteiger charge is -2.15. The van der Waals surface area contributed by atoms with Crippen LogP contribution in [0, 0.1) is 0 Å². The minimum absolute atomic E-state index is 0.106. The summed E-state index contributed by atoms with van der Waals surface area (Å²) >= 11 is 3.47. The maximum absolute atomic E-state index is 10.8. The minimum atomic E-state index is -0.925. The zero-order valence-electron chi connectivity index (χ0n) is 12.5. The van der Waals surface area contributed by atoms with Gasteiger partial charge in [-0.2, -0.15) is 0 Å². The fourth-order valence-corrected chi connectivity index (χ4v) is 2.39. The Kier molecular flexibility index (Phi) is 5.44. The Bertz CT molecular complexity index is 653. The van der Waals surface area contributed by atoms with Crippen molar-refractivity contribution in [1.29, 1.82) is 0 Å². The molecule has 22 heavy (non-hydrogen) atoms. The molecule has 0 unspecified atom stereocenters. The highest BCUT2D eigenvalue weighted by Crippen LogP contribution is 2.25. The van der Waals surface area contributed by atoms with Crippen molar-refractivity contribution in [2.24, 2.45) is 0 Å². The molecule has 0 aliphatic heterocycles. The van der Waals surface area contributed by atoms with Crippen LogP contribution in [0.15, 0.2) is 46.9 Å². The molecule has 2 aromatic carbocycles. The van der Waals surface area contributed by atoms with Gasteiger partial charge in [-0.15, -0.1) is 0 Å². The number of halogens is 1. The van der Waals surface area contributed by atoms with E-state index in [-0.39, 0.29) is 11.7 Å². The van der Waals surface area contributed by atoms with Gasteiger partial charge in [0.1, 0.15) is 5.75 Å². The van der Waals surface area contributed by atoms with Crippen LogP contribution in [0.4, 0.5) is 5.69 Å². The quantitative estimate of drug-likeness (QED) is 0.790. The van der Waals surface area contributed by atoms with E-state index < -0.39 is 5.97 Å². The summed E-state index contributed by atoms with van der Waals surface area (Å²) in [6.45, 7) is 4.57. The Hall–Kier alpha value is -2.01. The van der Waals surface area contributed by atoms with Gasteiger partial charge in [-0.1, -0.05) is 15.9 Å². The van der Waals surface area contributed by atoms with Gasteiger partial charge in [-0.3, -0.25) is 0 Å². The number of ether oxygens (including phenoxy) is 1. The summed E-state index contributed by atoms with van der Waals surface area (Å²) in [6, 6.07) is 12.6. The van der Waals surface area contributed by atoms with Crippen LogP contribution in [0.3, 0.4) is 0 Å². The second-order valence-electron chi connectivity index (χ2n) is 5.15. The second kappa shape index (κ2) is 7.31. The number of hydrogen-bond acceptors (Lipinski definition) is 3. The molecule has 0 saturated heterocycles. The fraction of sp³-hybridized carbons (Fsp3) is 0.235. The highest BCUT2D eigenvalue weighted by Gasteiger charge is 2.07. The van der Waals surface area contributed by atoms with Crippen molar-refractivity contribution in [2.75, 3.05) is 5.32 Å². The van der Waals surface area contributed by atoms with E-state index in [1.807, 2.05) is 32.0 Å². The first-order chi connectivity index (χ1) is 10.5. The maximum atomic E-state index is 10.8. The van der Waals surface area contributed by atoms with Crippen LogP contribution in [-0.2, 0) is 6.54 Å². The molecule has 0 bridgehead atoms. The largest absolute Gasteiger partial charge is 0.491 e. The van der Waals surface area contributed by atoms with E-state index in [2.05, 4.69) is 21.2 Å². The van der Waals surface area contributed by atoms with Crippen LogP contribution >= 0.6 is 15.9 Å². The summed E-state index contributed by atoms with van der Waals surface area (Å²) in [4.78, 5) is 10.8. The molecule has 0 aromatic heterocycles. The van der Waals surface area contributed by atoms with Crippen molar-refractivity contribution in [3.63, 3.8) is 0 Å². The number of aromatic carboxylic acids is 1. The van der Waals surface area contributed by atoms with Crippen LogP contribution in [0.25, 0.3) is 0 Å². The van der Waals surface area contributed by atoms with E-state index in [1.54, 1.807) is 24.3 Å². The van der Waals surface area contributed by atoms with Crippen LogP contribution in [0.5, 0.6) is 5.75 Å². The Labute approximate surface area is 138 Å². The van der Waals surface area contributed by atoms with E-state index in [4.69, 9.17) is 9.84 Å². The average Bonchev–Trinajstić information content (AvgIpc) is 2.47. The lowest BCUT2D eigenvalue weighted by atomic mass is 10.1. The zero-order valence-corrected chi connectivity index (χ0v) is 14.1. The molecule has 5 heteroatoms. The third kappa shape index (κ3) is 4.49. The Morgan fingerprint density at radius 1 is 1.23 bits per heavy atom. The molecule has 116 valence electrons. The average molecular weight is 364 g/mol. The molecule has 2 rings (SSSR count). The molecule has 0 amide bonds. The van der Waals surface area contributed by atoms with Crippen molar-refractivity contribution in [3.05, 3.63) is 58.1 Å². The fourth-order valence-electron chi connectivity index (χ4n) is 1.98. The summed E-state index contributed by atoms with van der Waals surface area (Å²) in [5.41, 5.74) is 2.17.